The largest absolute Gasteiger partial charge is 0.464 e. The molecule has 0 unspecified atom stereocenters. The van der Waals surface area contributed by atoms with Crippen LogP contribution in [0.5, 0.6) is 0 Å². The molecule has 114 valence electrons. The number of esters is 1. The number of ether oxygens (including phenoxy) is 1. The molecule has 0 aromatic carbocycles. The number of hydrogen-bond acceptors (Lipinski definition) is 5. The predicted octanol–water partition coefficient (Wildman–Crippen LogP) is 1.84. The van der Waals surface area contributed by atoms with Crippen LogP contribution < -0.4 is 0 Å². The van der Waals surface area contributed by atoms with E-state index in [9.17, 15) is 4.79 Å². The molecule has 0 saturated heterocycles. The van der Waals surface area contributed by atoms with Crippen LogP contribution >= 0.6 is 0 Å². The SMILES string of the molecule is COC(=O)c1nnn(C(C)(C)C)c1-c1c(C)nn(C)c1C. The number of carbonyl (C=O) groups excluding carboxylic acids is 1. The molecule has 7 nitrogen and oxygen atoms in total. The molecule has 21 heavy (non-hydrogen) atoms. The van der Waals surface area contributed by atoms with Gasteiger partial charge in [0.25, 0.3) is 0 Å². The third kappa shape index (κ3) is 2.43. The number of nitrogens with zero attached hydrogens (tertiary/aromatic N) is 5. The molecular weight excluding hydrogens is 270 g/mol. The number of aromatic nitrogens is 5. The lowest BCUT2D eigenvalue weighted by molar-refractivity contribution is 0.0595. The summed E-state index contributed by atoms with van der Waals surface area (Å²) in [5.41, 5.74) is 3.20. The Kier molecular flexibility index (Phi) is 3.61. The average Bonchev–Trinajstić information content (AvgIpc) is 2.91. The van der Waals surface area contributed by atoms with E-state index in [1.807, 2.05) is 41.7 Å². The summed E-state index contributed by atoms with van der Waals surface area (Å²) in [5, 5.41) is 12.6. The molecule has 0 spiro atoms. The van der Waals surface area contributed by atoms with Crippen molar-refractivity contribution in [2.24, 2.45) is 7.05 Å². The molecule has 0 aliphatic heterocycles. The average molecular weight is 291 g/mol. The Morgan fingerprint density at radius 2 is 1.86 bits per heavy atom. The van der Waals surface area contributed by atoms with Crippen molar-refractivity contribution in [1.29, 1.82) is 0 Å². The van der Waals surface area contributed by atoms with Gasteiger partial charge in [-0.15, -0.1) is 5.10 Å². The van der Waals surface area contributed by atoms with E-state index in [2.05, 4.69) is 15.4 Å². The van der Waals surface area contributed by atoms with Crippen LogP contribution in [0.4, 0.5) is 0 Å². The number of hydrogen-bond donors (Lipinski definition) is 0. The monoisotopic (exact) mass is 291 g/mol. The molecule has 0 atom stereocenters. The second kappa shape index (κ2) is 4.98. The van der Waals surface area contributed by atoms with E-state index < -0.39 is 5.97 Å². The summed E-state index contributed by atoms with van der Waals surface area (Å²) in [6, 6.07) is 0. The maximum Gasteiger partial charge on any atom is 0.360 e. The minimum atomic E-state index is -0.497. The number of carbonyl (C=O) groups is 1. The Morgan fingerprint density at radius 1 is 1.24 bits per heavy atom. The minimum Gasteiger partial charge on any atom is -0.464 e. The summed E-state index contributed by atoms with van der Waals surface area (Å²) < 4.78 is 8.36. The molecule has 2 heterocycles. The summed E-state index contributed by atoms with van der Waals surface area (Å²) in [4.78, 5) is 12.0. The smallest absolute Gasteiger partial charge is 0.360 e. The Labute approximate surface area is 123 Å². The van der Waals surface area contributed by atoms with Gasteiger partial charge in [-0.25, -0.2) is 9.48 Å². The molecule has 0 saturated carbocycles. The molecule has 2 rings (SSSR count). The maximum absolute atomic E-state index is 12.0. The Bertz CT molecular complexity index is 691. The standard InChI is InChI=1S/C14H21N5O2/c1-8-10(9(2)18(6)16-8)12-11(13(20)21-7)15-17-19(12)14(3,4)5/h1-7H3. The summed E-state index contributed by atoms with van der Waals surface area (Å²) in [5.74, 6) is -0.497. The molecule has 2 aromatic rings. The van der Waals surface area contributed by atoms with Gasteiger partial charge in [0.2, 0.25) is 0 Å². The lowest BCUT2D eigenvalue weighted by Crippen LogP contribution is -2.24. The van der Waals surface area contributed by atoms with Gasteiger partial charge < -0.3 is 4.74 Å². The van der Waals surface area contributed by atoms with Crippen LogP contribution in [0, 0.1) is 13.8 Å². The van der Waals surface area contributed by atoms with Crippen molar-refractivity contribution in [2.75, 3.05) is 7.11 Å². The molecular formula is C14H21N5O2. The first-order valence-electron chi connectivity index (χ1n) is 6.73. The Morgan fingerprint density at radius 3 is 2.29 bits per heavy atom. The zero-order valence-corrected chi connectivity index (χ0v) is 13.6. The lowest BCUT2D eigenvalue weighted by atomic mass is 10.0. The van der Waals surface area contributed by atoms with Crippen molar-refractivity contribution in [3.8, 4) is 11.3 Å². The first-order chi connectivity index (χ1) is 9.68. The third-order valence-electron chi connectivity index (χ3n) is 3.43. The molecule has 0 N–H and O–H groups in total. The van der Waals surface area contributed by atoms with Gasteiger partial charge in [0.1, 0.15) is 5.69 Å². The van der Waals surface area contributed by atoms with Gasteiger partial charge in [-0.3, -0.25) is 4.68 Å². The van der Waals surface area contributed by atoms with Gasteiger partial charge in [-0.1, -0.05) is 5.21 Å². The summed E-state index contributed by atoms with van der Waals surface area (Å²) in [6.45, 7) is 9.88. The highest BCUT2D eigenvalue weighted by Gasteiger charge is 2.30. The minimum absolute atomic E-state index is 0.214. The predicted molar refractivity (Wildman–Crippen MR) is 78.0 cm³/mol. The van der Waals surface area contributed by atoms with E-state index in [0.29, 0.717) is 5.69 Å². The van der Waals surface area contributed by atoms with Gasteiger partial charge in [-0.2, -0.15) is 5.10 Å². The fourth-order valence-electron chi connectivity index (χ4n) is 2.33. The van der Waals surface area contributed by atoms with Crippen LogP contribution in [0.1, 0.15) is 42.6 Å². The van der Waals surface area contributed by atoms with Gasteiger partial charge in [0.05, 0.1) is 18.3 Å². The molecule has 0 amide bonds. The number of methoxy groups -OCH3 is 1. The van der Waals surface area contributed by atoms with Crippen molar-refractivity contribution in [2.45, 2.75) is 40.2 Å². The van der Waals surface area contributed by atoms with Crippen LogP contribution in [0.2, 0.25) is 0 Å². The van der Waals surface area contributed by atoms with Crippen molar-refractivity contribution in [3.63, 3.8) is 0 Å². The van der Waals surface area contributed by atoms with Crippen molar-refractivity contribution < 1.29 is 9.53 Å². The first kappa shape index (κ1) is 15.2. The molecule has 0 bridgehead atoms. The van der Waals surface area contributed by atoms with E-state index in [1.165, 1.54) is 7.11 Å². The van der Waals surface area contributed by atoms with E-state index in [1.54, 1.807) is 9.36 Å². The van der Waals surface area contributed by atoms with E-state index in [4.69, 9.17) is 4.74 Å². The molecule has 7 heteroatoms. The van der Waals surface area contributed by atoms with Gasteiger partial charge >= 0.3 is 5.97 Å². The normalized spacial score (nSPS) is 11.8. The second-order valence-corrected chi connectivity index (χ2v) is 6.03. The van der Waals surface area contributed by atoms with Crippen LogP contribution in [0.15, 0.2) is 0 Å². The molecule has 0 fully saturated rings. The van der Waals surface area contributed by atoms with Crippen LogP contribution in [0.3, 0.4) is 0 Å². The Hall–Kier alpha value is -2.18. The van der Waals surface area contributed by atoms with E-state index >= 15 is 0 Å². The highest BCUT2D eigenvalue weighted by Crippen LogP contribution is 2.32. The summed E-state index contributed by atoms with van der Waals surface area (Å²) in [6.07, 6.45) is 0. The molecule has 0 aliphatic rings. The highest BCUT2D eigenvalue weighted by atomic mass is 16.5. The quantitative estimate of drug-likeness (QED) is 0.789. The lowest BCUT2D eigenvalue weighted by Gasteiger charge is -2.21. The zero-order valence-electron chi connectivity index (χ0n) is 13.6. The van der Waals surface area contributed by atoms with Gasteiger partial charge in [0.15, 0.2) is 5.69 Å². The fraction of sp³-hybridized carbons (Fsp3) is 0.571. The summed E-state index contributed by atoms with van der Waals surface area (Å²) >= 11 is 0. The number of aryl methyl sites for hydroxylation is 2. The Balaban J connectivity index is 2.81. The topological polar surface area (TPSA) is 74.8 Å². The summed E-state index contributed by atoms with van der Waals surface area (Å²) in [7, 11) is 3.21. The van der Waals surface area contributed by atoms with Crippen LogP contribution in [-0.4, -0.2) is 37.9 Å². The van der Waals surface area contributed by atoms with Crippen LogP contribution in [-0.2, 0) is 17.3 Å². The molecule has 0 radical (unpaired) electrons. The second-order valence-electron chi connectivity index (χ2n) is 6.03. The van der Waals surface area contributed by atoms with Gasteiger partial charge in [-0.05, 0) is 34.6 Å². The van der Waals surface area contributed by atoms with Crippen molar-refractivity contribution in [1.82, 2.24) is 24.8 Å². The zero-order chi connectivity index (χ0) is 15.9. The third-order valence-corrected chi connectivity index (χ3v) is 3.43. The number of rotatable bonds is 2. The maximum atomic E-state index is 12.0. The molecule has 0 aliphatic carbocycles. The van der Waals surface area contributed by atoms with Crippen molar-refractivity contribution >= 4 is 5.97 Å². The van der Waals surface area contributed by atoms with Crippen LogP contribution in [0.25, 0.3) is 11.3 Å². The van der Waals surface area contributed by atoms with Crippen molar-refractivity contribution in [3.05, 3.63) is 17.1 Å². The first-order valence-corrected chi connectivity index (χ1v) is 6.73. The fourth-order valence-corrected chi connectivity index (χ4v) is 2.33. The van der Waals surface area contributed by atoms with Gasteiger partial charge in [0, 0.05) is 18.3 Å². The highest BCUT2D eigenvalue weighted by molar-refractivity contribution is 5.94. The van der Waals surface area contributed by atoms with E-state index in [0.717, 1.165) is 17.0 Å². The molecule has 2 aromatic heterocycles. The van der Waals surface area contributed by atoms with E-state index in [-0.39, 0.29) is 11.2 Å².